The van der Waals surface area contributed by atoms with E-state index >= 15 is 0 Å². The van der Waals surface area contributed by atoms with E-state index in [-0.39, 0.29) is 0 Å². The summed E-state index contributed by atoms with van der Waals surface area (Å²) >= 11 is 0. The molecule has 3 heterocycles. The molecule has 0 saturated carbocycles. The predicted octanol–water partition coefficient (Wildman–Crippen LogP) is 4.24. The van der Waals surface area contributed by atoms with Gasteiger partial charge < -0.3 is 4.52 Å². The molecule has 1 saturated heterocycles. The van der Waals surface area contributed by atoms with Crippen LogP contribution in [0.25, 0.3) is 11.4 Å². The number of rotatable bonds is 5. The van der Waals surface area contributed by atoms with Crippen LogP contribution < -0.4 is 0 Å². The molecule has 0 N–H and O–H groups in total. The van der Waals surface area contributed by atoms with Crippen LogP contribution in [-0.2, 0) is 6.54 Å². The molecule has 5 heteroatoms. The minimum atomic E-state index is 0.313. The van der Waals surface area contributed by atoms with Gasteiger partial charge in [-0.3, -0.25) is 9.88 Å². The molecule has 1 atom stereocenters. The molecule has 1 unspecified atom stereocenters. The lowest BCUT2D eigenvalue weighted by molar-refractivity contribution is 0.309. The highest BCUT2D eigenvalue weighted by molar-refractivity contribution is 5.52. The maximum atomic E-state index is 5.54. The number of likely N-dealkylation sites (tertiary alicyclic amines) is 1. The Balaban J connectivity index is 1.39. The van der Waals surface area contributed by atoms with Crippen molar-refractivity contribution in [2.24, 2.45) is 0 Å². The first-order valence-corrected chi connectivity index (χ1v) is 9.24. The second-order valence-corrected chi connectivity index (χ2v) is 7.31. The Bertz CT molecular complexity index is 842. The molecule has 1 aliphatic rings. The van der Waals surface area contributed by atoms with Gasteiger partial charge in [0.2, 0.25) is 11.7 Å². The highest BCUT2D eigenvalue weighted by atomic mass is 16.5. The van der Waals surface area contributed by atoms with E-state index in [4.69, 9.17) is 4.52 Å². The third kappa shape index (κ3) is 3.68. The average Bonchev–Trinajstić information content (AvgIpc) is 3.32. The zero-order valence-corrected chi connectivity index (χ0v) is 15.3. The molecule has 3 aromatic rings. The third-order valence-electron chi connectivity index (χ3n) is 5.05. The van der Waals surface area contributed by atoms with Gasteiger partial charge in [-0.15, -0.1) is 0 Å². The number of hydrogen-bond acceptors (Lipinski definition) is 5. The van der Waals surface area contributed by atoms with Gasteiger partial charge >= 0.3 is 0 Å². The van der Waals surface area contributed by atoms with E-state index in [1.165, 1.54) is 11.1 Å². The lowest BCUT2D eigenvalue weighted by Gasteiger charge is -2.16. The second-order valence-electron chi connectivity index (χ2n) is 7.31. The normalized spacial score (nSPS) is 17.9. The molecular weight excluding hydrogens is 324 g/mol. The topological polar surface area (TPSA) is 55.1 Å². The highest BCUT2D eigenvalue weighted by Gasteiger charge is 2.28. The largest absolute Gasteiger partial charge is 0.339 e. The Morgan fingerprint density at radius 1 is 1.12 bits per heavy atom. The summed E-state index contributed by atoms with van der Waals surface area (Å²) in [7, 11) is 0. The molecule has 4 rings (SSSR count). The maximum absolute atomic E-state index is 5.54. The molecule has 0 spiro atoms. The molecule has 1 fully saturated rings. The number of pyridine rings is 1. The van der Waals surface area contributed by atoms with Gasteiger partial charge in [0, 0.05) is 31.0 Å². The Hall–Kier alpha value is -2.53. The summed E-state index contributed by atoms with van der Waals surface area (Å²) in [5.41, 5.74) is 3.69. The van der Waals surface area contributed by atoms with Crippen molar-refractivity contribution >= 4 is 0 Å². The SMILES string of the molecule is CC(C)c1ccc(CN2CCC(c3nc(-c4ccncc4)no3)C2)cc1. The van der Waals surface area contributed by atoms with E-state index in [0.29, 0.717) is 17.7 Å². The van der Waals surface area contributed by atoms with Crippen molar-refractivity contribution in [3.63, 3.8) is 0 Å². The smallest absolute Gasteiger partial charge is 0.231 e. The summed E-state index contributed by atoms with van der Waals surface area (Å²) in [6, 6.07) is 12.8. The number of aromatic nitrogens is 3. The van der Waals surface area contributed by atoms with Gasteiger partial charge in [0.05, 0.1) is 5.92 Å². The molecule has 1 aliphatic heterocycles. The van der Waals surface area contributed by atoms with Gasteiger partial charge in [-0.1, -0.05) is 43.3 Å². The molecule has 134 valence electrons. The average molecular weight is 348 g/mol. The van der Waals surface area contributed by atoms with Crippen LogP contribution >= 0.6 is 0 Å². The molecule has 1 aromatic carbocycles. The van der Waals surface area contributed by atoms with Crippen molar-refractivity contribution in [2.75, 3.05) is 13.1 Å². The molecule has 0 amide bonds. The molecule has 2 aromatic heterocycles. The first kappa shape index (κ1) is 16.9. The maximum Gasteiger partial charge on any atom is 0.231 e. The van der Waals surface area contributed by atoms with Gasteiger partial charge in [-0.25, -0.2) is 0 Å². The lowest BCUT2D eigenvalue weighted by atomic mass is 10.0. The van der Waals surface area contributed by atoms with Crippen LogP contribution in [0.15, 0.2) is 53.3 Å². The van der Waals surface area contributed by atoms with E-state index in [1.54, 1.807) is 12.4 Å². The highest BCUT2D eigenvalue weighted by Crippen LogP contribution is 2.28. The fraction of sp³-hybridized carbons (Fsp3) is 0.381. The van der Waals surface area contributed by atoms with Crippen LogP contribution in [0, 0.1) is 0 Å². The van der Waals surface area contributed by atoms with E-state index in [9.17, 15) is 0 Å². The zero-order chi connectivity index (χ0) is 17.9. The lowest BCUT2D eigenvalue weighted by Crippen LogP contribution is -2.19. The van der Waals surface area contributed by atoms with Gasteiger partial charge in [-0.05, 0) is 42.1 Å². The van der Waals surface area contributed by atoms with Crippen molar-refractivity contribution < 1.29 is 4.52 Å². The molecule has 0 radical (unpaired) electrons. The molecule has 0 bridgehead atoms. The van der Waals surface area contributed by atoms with Gasteiger partial charge in [0.25, 0.3) is 0 Å². The standard InChI is InChI=1S/C21H24N4O/c1-15(2)17-5-3-16(4-6-17)13-25-12-9-19(14-25)21-23-20(24-26-21)18-7-10-22-11-8-18/h3-8,10-11,15,19H,9,12-14H2,1-2H3. The van der Waals surface area contributed by atoms with E-state index in [0.717, 1.165) is 37.5 Å². The predicted molar refractivity (Wildman–Crippen MR) is 101 cm³/mol. The first-order valence-electron chi connectivity index (χ1n) is 9.24. The second kappa shape index (κ2) is 7.38. The summed E-state index contributed by atoms with van der Waals surface area (Å²) in [6.45, 7) is 7.45. The van der Waals surface area contributed by atoms with Crippen molar-refractivity contribution in [2.45, 2.75) is 38.6 Å². The summed E-state index contributed by atoms with van der Waals surface area (Å²) in [4.78, 5) is 11.1. The van der Waals surface area contributed by atoms with E-state index in [2.05, 4.69) is 58.1 Å². The fourth-order valence-corrected chi connectivity index (χ4v) is 3.46. The number of nitrogens with zero attached hydrogens (tertiary/aromatic N) is 4. The van der Waals surface area contributed by atoms with Crippen molar-refractivity contribution in [1.82, 2.24) is 20.0 Å². The van der Waals surface area contributed by atoms with E-state index in [1.807, 2.05) is 12.1 Å². The molecule has 26 heavy (non-hydrogen) atoms. The Labute approximate surface area is 154 Å². The van der Waals surface area contributed by atoms with Gasteiger partial charge in [0.1, 0.15) is 0 Å². The monoisotopic (exact) mass is 348 g/mol. The van der Waals surface area contributed by atoms with Crippen molar-refractivity contribution in [1.29, 1.82) is 0 Å². The Morgan fingerprint density at radius 2 is 1.88 bits per heavy atom. The van der Waals surface area contributed by atoms with Crippen LogP contribution in [0.5, 0.6) is 0 Å². The van der Waals surface area contributed by atoms with Crippen LogP contribution in [0.1, 0.15) is 49.1 Å². The first-order chi connectivity index (χ1) is 12.7. The molecule has 5 nitrogen and oxygen atoms in total. The van der Waals surface area contributed by atoms with Gasteiger partial charge in [0.15, 0.2) is 0 Å². The fourth-order valence-electron chi connectivity index (χ4n) is 3.46. The quantitative estimate of drug-likeness (QED) is 0.690. The van der Waals surface area contributed by atoms with Crippen LogP contribution in [-0.4, -0.2) is 33.1 Å². The Kier molecular flexibility index (Phi) is 4.80. The number of hydrogen-bond donors (Lipinski definition) is 0. The number of benzene rings is 1. The van der Waals surface area contributed by atoms with E-state index < -0.39 is 0 Å². The minimum absolute atomic E-state index is 0.313. The van der Waals surface area contributed by atoms with Crippen molar-refractivity contribution in [3.8, 4) is 11.4 Å². The van der Waals surface area contributed by atoms with Crippen molar-refractivity contribution in [3.05, 3.63) is 65.8 Å². The summed E-state index contributed by atoms with van der Waals surface area (Å²) in [6.07, 6.45) is 4.54. The summed E-state index contributed by atoms with van der Waals surface area (Å²) in [5, 5.41) is 4.13. The zero-order valence-electron chi connectivity index (χ0n) is 15.3. The van der Waals surface area contributed by atoms with Gasteiger partial charge in [-0.2, -0.15) is 4.98 Å². The van der Waals surface area contributed by atoms with Crippen LogP contribution in [0.3, 0.4) is 0 Å². The minimum Gasteiger partial charge on any atom is -0.339 e. The summed E-state index contributed by atoms with van der Waals surface area (Å²) < 4.78 is 5.54. The van der Waals surface area contributed by atoms with Crippen LogP contribution in [0.2, 0.25) is 0 Å². The van der Waals surface area contributed by atoms with Crippen LogP contribution in [0.4, 0.5) is 0 Å². The summed E-state index contributed by atoms with van der Waals surface area (Å²) in [5.74, 6) is 2.28. The third-order valence-corrected chi connectivity index (χ3v) is 5.05. The molecule has 0 aliphatic carbocycles. The Morgan fingerprint density at radius 3 is 2.62 bits per heavy atom. The molecular formula is C21H24N4O.